The Morgan fingerprint density at radius 3 is 2.48 bits per heavy atom. The molecule has 0 atom stereocenters. The van der Waals surface area contributed by atoms with Gasteiger partial charge in [0.15, 0.2) is 0 Å². The summed E-state index contributed by atoms with van der Waals surface area (Å²) in [5.41, 5.74) is 5.17. The van der Waals surface area contributed by atoms with Gasteiger partial charge in [0.25, 0.3) is 0 Å². The molecule has 0 saturated heterocycles. The van der Waals surface area contributed by atoms with E-state index in [2.05, 4.69) is 68.6 Å². The number of benzene rings is 2. The first-order valence-corrected chi connectivity index (χ1v) is 7.56. The average Bonchev–Trinajstić information content (AvgIpc) is 2.45. The van der Waals surface area contributed by atoms with Crippen LogP contribution in [0.15, 0.2) is 42.5 Å². The molecule has 2 rings (SSSR count). The smallest absolute Gasteiger partial charge is 0.120 e. The van der Waals surface area contributed by atoms with Crippen molar-refractivity contribution in [2.24, 2.45) is 0 Å². The fraction of sp³-hybridized carbons (Fsp3) is 0.368. The molecule has 0 aliphatic carbocycles. The van der Waals surface area contributed by atoms with Crippen molar-refractivity contribution in [1.29, 1.82) is 0 Å². The number of nitrogens with one attached hydrogen (secondary N) is 1. The van der Waals surface area contributed by atoms with Crippen LogP contribution in [0.4, 0.5) is 0 Å². The molecule has 0 unspecified atom stereocenters. The first-order valence-electron chi connectivity index (χ1n) is 7.56. The van der Waals surface area contributed by atoms with Gasteiger partial charge in [-0.3, -0.25) is 0 Å². The van der Waals surface area contributed by atoms with Crippen LogP contribution >= 0.6 is 0 Å². The van der Waals surface area contributed by atoms with E-state index in [1.807, 2.05) is 7.05 Å². The van der Waals surface area contributed by atoms with Gasteiger partial charge in [-0.1, -0.05) is 44.2 Å². The van der Waals surface area contributed by atoms with Crippen LogP contribution in [0.5, 0.6) is 5.75 Å². The summed E-state index contributed by atoms with van der Waals surface area (Å²) in [5, 5.41) is 3.17. The number of hydrogen-bond donors (Lipinski definition) is 1. The largest absolute Gasteiger partial charge is 0.489 e. The SMILES string of the molecule is CNCc1cccc(COc2ccc(C(C)C)c(C)c2)c1. The molecule has 0 aliphatic heterocycles. The third-order valence-electron chi connectivity index (χ3n) is 3.64. The van der Waals surface area contributed by atoms with Crippen molar-refractivity contribution >= 4 is 0 Å². The summed E-state index contributed by atoms with van der Waals surface area (Å²) in [7, 11) is 1.96. The molecule has 0 bridgehead atoms. The standard InChI is InChI=1S/C19H25NO/c1-14(2)19-9-8-18(10-15(19)3)21-13-17-7-5-6-16(11-17)12-20-4/h5-11,14,20H,12-13H2,1-4H3. The third-order valence-corrected chi connectivity index (χ3v) is 3.64. The van der Waals surface area contributed by atoms with Crippen molar-refractivity contribution in [3.05, 3.63) is 64.7 Å². The highest BCUT2D eigenvalue weighted by atomic mass is 16.5. The molecular weight excluding hydrogens is 258 g/mol. The van der Waals surface area contributed by atoms with E-state index >= 15 is 0 Å². The first-order chi connectivity index (χ1) is 10.1. The molecule has 2 heteroatoms. The van der Waals surface area contributed by atoms with Crippen molar-refractivity contribution < 1.29 is 4.74 Å². The lowest BCUT2D eigenvalue weighted by atomic mass is 9.98. The molecular formula is C19H25NO. The zero-order chi connectivity index (χ0) is 15.2. The van der Waals surface area contributed by atoms with Crippen LogP contribution in [0.2, 0.25) is 0 Å². The van der Waals surface area contributed by atoms with E-state index < -0.39 is 0 Å². The van der Waals surface area contributed by atoms with Crippen LogP contribution in [0, 0.1) is 6.92 Å². The summed E-state index contributed by atoms with van der Waals surface area (Å²) < 4.78 is 5.92. The van der Waals surface area contributed by atoms with Crippen LogP contribution in [0.3, 0.4) is 0 Å². The van der Waals surface area contributed by atoms with E-state index in [0.717, 1.165) is 12.3 Å². The Bertz CT molecular complexity index is 590. The van der Waals surface area contributed by atoms with Crippen LogP contribution < -0.4 is 10.1 Å². The van der Waals surface area contributed by atoms with Crippen LogP contribution in [0.1, 0.15) is 42.0 Å². The van der Waals surface area contributed by atoms with E-state index in [-0.39, 0.29) is 0 Å². The van der Waals surface area contributed by atoms with E-state index in [0.29, 0.717) is 12.5 Å². The van der Waals surface area contributed by atoms with Crippen molar-refractivity contribution in [2.45, 2.75) is 39.8 Å². The maximum absolute atomic E-state index is 5.92. The molecule has 2 aromatic carbocycles. The Hall–Kier alpha value is -1.80. The van der Waals surface area contributed by atoms with Crippen LogP contribution in [0.25, 0.3) is 0 Å². The highest BCUT2D eigenvalue weighted by molar-refractivity contribution is 5.36. The number of ether oxygens (including phenoxy) is 1. The molecule has 0 spiro atoms. The maximum Gasteiger partial charge on any atom is 0.120 e. The van der Waals surface area contributed by atoms with Gasteiger partial charge in [0, 0.05) is 6.54 Å². The lowest BCUT2D eigenvalue weighted by molar-refractivity contribution is 0.306. The summed E-state index contributed by atoms with van der Waals surface area (Å²) in [5.74, 6) is 1.49. The molecule has 21 heavy (non-hydrogen) atoms. The summed E-state index contributed by atoms with van der Waals surface area (Å²) in [6, 6.07) is 14.9. The summed E-state index contributed by atoms with van der Waals surface area (Å²) in [6.45, 7) is 8.08. The van der Waals surface area contributed by atoms with Crippen LogP contribution in [-0.2, 0) is 13.2 Å². The lowest BCUT2D eigenvalue weighted by Gasteiger charge is -2.13. The van der Waals surface area contributed by atoms with Gasteiger partial charge >= 0.3 is 0 Å². The third kappa shape index (κ3) is 4.33. The average molecular weight is 283 g/mol. The molecule has 0 saturated carbocycles. The lowest BCUT2D eigenvalue weighted by Crippen LogP contribution is -2.05. The van der Waals surface area contributed by atoms with Gasteiger partial charge in [-0.25, -0.2) is 0 Å². The molecule has 1 N–H and O–H groups in total. The quantitative estimate of drug-likeness (QED) is 0.847. The van der Waals surface area contributed by atoms with Gasteiger partial charge in [-0.15, -0.1) is 0 Å². The van der Waals surface area contributed by atoms with Gasteiger partial charge in [-0.2, -0.15) is 0 Å². The number of aryl methyl sites for hydroxylation is 1. The monoisotopic (exact) mass is 283 g/mol. The molecule has 112 valence electrons. The Balaban J connectivity index is 2.03. The van der Waals surface area contributed by atoms with Crippen LogP contribution in [-0.4, -0.2) is 7.05 Å². The summed E-state index contributed by atoms with van der Waals surface area (Å²) >= 11 is 0. The molecule has 0 amide bonds. The molecule has 0 aliphatic rings. The van der Waals surface area contributed by atoms with Crippen molar-refractivity contribution in [3.8, 4) is 5.75 Å². The Morgan fingerprint density at radius 1 is 1.05 bits per heavy atom. The van der Waals surface area contributed by atoms with Crippen molar-refractivity contribution in [3.63, 3.8) is 0 Å². The second-order valence-corrected chi connectivity index (χ2v) is 5.81. The number of hydrogen-bond acceptors (Lipinski definition) is 2. The predicted octanol–water partition coefficient (Wildman–Crippen LogP) is 4.42. The van der Waals surface area contributed by atoms with E-state index in [9.17, 15) is 0 Å². The maximum atomic E-state index is 5.92. The van der Waals surface area contributed by atoms with Crippen molar-refractivity contribution in [1.82, 2.24) is 5.32 Å². The second-order valence-electron chi connectivity index (χ2n) is 5.81. The summed E-state index contributed by atoms with van der Waals surface area (Å²) in [6.07, 6.45) is 0. The molecule has 0 fully saturated rings. The first kappa shape index (κ1) is 15.6. The zero-order valence-electron chi connectivity index (χ0n) is 13.4. The Kier molecular flexibility index (Phi) is 5.40. The fourth-order valence-corrected chi connectivity index (χ4v) is 2.59. The van der Waals surface area contributed by atoms with Gasteiger partial charge in [0.1, 0.15) is 12.4 Å². The van der Waals surface area contributed by atoms with E-state index in [1.165, 1.54) is 22.3 Å². The minimum absolute atomic E-state index is 0.553. The molecule has 0 aromatic heterocycles. The highest BCUT2D eigenvalue weighted by Gasteiger charge is 2.05. The molecule has 2 aromatic rings. The second kappa shape index (κ2) is 7.28. The topological polar surface area (TPSA) is 21.3 Å². The minimum Gasteiger partial charge on any atom is -0.489 e. The molecule has 2 nitrogen and oxygen atoms in total. The van der Waals surface area contributed by atoms with Gasteiger partial charge in [0.05, 0.1) is 0 Å². The molecule has 0 heterocycles. The van der Waals surface area contributed by atoms with Gasteiger partial charge < -0.3 is 10.1 Å². The van der Waals surface area contributed by atoms with Crippen molar-refractivity contribution in [2.75, 3.05) is 7.05 Å². The summed E-state index contributed by atoms with van der Waals surface area (Å²) in [4.78, 5) is 0. The highest BCUT2D eigenvalue weighted by Crippen LogP contribution is 2.24. The Labute approximate surface area is 128 Å². The predicted molar refractivity (Wildman–Crippen MR) is 88.8 cm³/mol. The van der Waals surface area contributed by atoms with Gasteiger partial charge in [0.2, 0.25) is 0 Å². The van der Waals surface area contributed by atoms with E-state index in [4.69, 9.17) is 4.74 Å². The minimum atomic E-state index is 0.553. The number of rotatable bonds is 6. The fourth-order valence-electron chi connectivity index (χ4n) is 2.59. The normalized spacial score (nSPS) is 10.9. The Morgan fingerprint density at radius 2 is 1.81 bits per heavy atom. The molecule has 0 radical (unpaired) electrons. The zero-order valence-corrected chi connectivity index (χ0v) is 13.4. The van der Waals surface area contributed by atoms with E-state index in [1.54, 1.807) is 0 Å². The van der Waals surface area contributed by atoms with Gasteiger partial charge in [-0.05, 0) is 54.3 Å².